The van der Waals surface area contributed by atoms with Crippen molar-refractivity contribution in [3.63, 3.8) is 0 Å². The number of aldehydes is 1. The van der Waals surface area contributed by atoms with Crippen LogP contribution < -0.4 is 5.01 Å². The van der Waals surface area contributed by atoms with Gasteiger partial charge in [-0.2, -0.15) is 0 Å². The minimum Gasteiger partial charge on any atom is -0.357 e. The average molecular weight is 304 g/mol. The first-order valence-electron chi connectivity index (χ1n) is 8.24. The van der Waals surface area contributed by atoms with Crippen LogP contribution in [0.15, 0.2) is 24.3 Å². The number of hydrazine groups is 1. The fourth-order valence-corrected chi connectivity index (χ4v) is 3.07. The van der Waals surface area contributed by atoms with Gasteiger partial charge in [0.05, 0.1) is 12.3 Å². The predicted molar refractivity (Wildman–Crippen MR) is 84.0 cm³/mol. The van der Waals surface area contributed by atoms with Crippen LogP contribution in [0.4, 0.5) is 5.69 Å². The highest BCUT2D eigenvalue weighted by atomic mass is 16.7. The molecule has 1 saturated heterocycles. The largest absolute Gasteiger partial charge is 0.357 e. The Hall–Kier alpha value is -1.43. The van der Waals surface area contributed by atoms with Crippen LogP contribution >= 0.6 is 0 Å². The fraction of sp³-hybridized carbons (Fsp3) is 0.588. The molecule has 2 heterocycles. The van der Waals surface area contributed by atoms with Crippen molar-refractivity contribution in [3.05, 3.63) is 29.8 Å². The molecule has 0 saturated carbocycles. The number of benzene rings is 1. The zero-order chi connectivity index (χ0) is 15.4. The zero-order valence-electron chi connectivity index (χ0n) is 13.1. The van der Waals surface area contributed by atoms with Gasteiger partial charge in [0.1, 0.15) is 18.6 Å². The zero-order valence-corrected chi connectivity index (χ0v) is 13.1. The van der Waals surface area contributed by atoms with Crippen LogP contribution in [-0.4, -0.2) is 30.9 Å². The third kappa shape index (κ3) is 2.89. The molecule has 2 aliphatic heterocycles. The first-order valence-corrected chi connectivity index (χ1v) is 8.24. The third-order valence-corrected chi connectivity index (χ3v) is 4.23. The van der Waals surface area contributed by atoms with Gasteiger partial charge in [0, 0.05) is 12.2 Å². The van der Waals surface area contributed by atoms with Crippen molar-refractivity contribution in [1.29, 1.82) is 0 Å². The van der Waals surface area contributed by atoms with E-state index >= 15 is 0 Å². The van der Waals surface area contributed by atoms with Crippen molar-refractivity contribution >= 4 is 12.0 Å². The number of rotatable bonds is 6. The Kier molecular flexibility index (Phi) is 5.08. The van der Waals surface area contributed by atoms with Gasteiger partial charge in [-0.3, -0.25) is 9.85 Å². The lowest BCUT2D eigenvalue weighted by Gasteiger charge is -2.38. The second-order valence-electron chi connectivity index (χ2n) is 5.79. The van der Waals surface area contributed by atoms with Crippen molar-refractivity contribution < 1.29 is 14.4 Å². The molecule has 2 atom stereocenters. The van der Waals surface area contributed by atoms with E-state index in [1.165, 1.54) is 0 Å². The summed E-state index contributed by atoms with van der Waals surface area (Å²) in [6.07, 6.45) is 6.12. The Morgan fingerprint density at radius 3 is 2.95 bits per heavy atom. The molecule has 3 rings (SSSR count). The Morgan fingerprint density at radius 2 is 2.23 bits per heavy atom. The highest BCUT2D eigenvalue weighted by molar-refractivity contribution is 5.72. The summed E-state index contributed by atoms with van der Waals surface area (Å²) in [4.78, 5) is 17.6. The van der Waals surface area contributed by atoms with Crippen LogP contribution in [0.5, 0.6) is 0 Å². The molecular weight excluding hydrogens is 280 g/mol. The minimum absolute atomic E-state index is 0.0542. The lowest BCUT2D eigenvalue weighted by molar-refractivity contribution is -0.208. The second-order valence-corrected chi connectivity index (χ2v) is 5.79. The summed E-state index contributed by atoms with van der Waals surface area (Å²) in [5, 5.41) is 3.76. The number of nitrogens with zero attached hydrogens (tertiary/aromatic N) is 2. The molecule has 2 unspecified atom stereocenters. The van der Waals surface area contributed by atoms with Gasteiger partial charge < -0.3 is 9.53 Å². The molecule has 0 radical (unpaired) electrons. The summed E-state index contributed by atoms with van der Waals surface area (Å²) in [6, 6.07) is 7.59. The molecule has 1 aromatic rings. The number of anilines is 1. The molecular formula is C17H24N2O3. The summed E-state index contributed by atoms with van der Waals surface area (Å²) in [5.41, 5.74) is 2.01. The maximum atomic E-state index is 11.7. The predicted octanol–water partition coefficient (Wildman–Crippen LogP) is 3.22. The van der Waals surface area contributed by atoms with E-state index in [0.717, 1.165) is 56.2 Å². The number of hydroxylamine groups is 1. The SMILES string of the molecule is CCCCON1C(C=O)c2ccccc2N1C1CCCCO1. The van der Waals surface area contributed by atoms with Crippen LogP contribution in [0, 0.1) is 0 Å². The van der Waals surface area contributed by atoms with E-state index in [2.05, 4.69) is 6.92 Å². The molecule has 22 heavy (non-hydrogen) atoms. The summed E-state index contributed by atoms with van der Waals surface area (Å²) in [6.45, 7) is 3.50. The van der Waals surface area contributed by atoms with Crippen LogP contribution in [-0.2, 0) is 14.4 Å². The number of carbonyl (C=O) groups is 1. The molecule has 1 aromatic carbocycles. The van der Waals surface area contributed by atoms with E-state index in [1.807, 2.05) is 29.3 Å². The molecule has 0 spiro atoms. The van der Waals surface area contributed by atoms with Gasteiger partial charge in [-0.1, -0.05) is 36.7 Å². The number of carbonyl (C=O) groups excluding carboxylic acids is 1. The Bertz CT molecular complexity index is 502. The molecule has 120 valence electrons. The number of unbranched alkanes of at least 4 members (excludes halogenated alkanes) is 1. The third-order valence-electron chi connectivity index (χ3n) is 4.23. The van der Waals surface area contributed by atoms with Crippen molar-refractivity contribution in [2.24, 2.45) is 0 Å². The van der Waals surface area contributed by atoms with Crippen LogP contribution in [0.2, 0.25) is 0 Å². The summed E-state index contributed by atoms with van der Waals surface area (Å²) >= 11 is 0. The maximum absolute atomic E-state index is 11.7. The van der Waals surface area contributed by atoms with Gasteiger partial charge in [-0.05, 0) is 31.7 Å². The molecule has 1 fully saturated rings. The minimum atomic E-state index is -0.390. The molecule has 0 N–H and O–H groups in total. The number of para-hydroxylation sites is 1. The Labute approximate surface area is 131 Å². The van der Waals surface area contributed by atoms with Gasteiger partial charge in [0.15, 0.2) is 0 Å². The molecule has 0 amide bonds. The molecule has 0 bridgehead atoms. The van der Waals surface area contributed by atoms with Gasteiger partial charge in [0.25, 0.3) is 0 Å². The van der Waals surface area contributed by atoms with Gasteiger partial charge >= 0.3 is 0 Å². The monoisotopic (exact) mass is 304 g/mol. The summed E-state index contributed by atoms with van der Waals surface area (Å²) in [5.74, 6) is 0. The van der Waals surface area contributed by atoms with Crippen molar-refractivity contribution in [3.8, 4) is 0 Å². The average Bonchev–Trinajstić information content (AvgIpc) is 2.89. The maximum Gasteiger partial charge on any atom is 0.146 e. The van der Waals surface area contributed by atoms with Crippen molar-refractivity contribution in [1.82, 2.24) is 5.17 Å². The smallest absolute Gasteiger partial charge is 0.146 e. The molecule has 0 aliphatic carbocycles. The van der Waals surface area contributed by atoms with Crippen LogP contribution in [0.1, 0.15) is 50.6 Å². The lowest BCUT2D eigenvalue weighted by atomic mass is 10.1. The second kappa shape index (κ2) is 7.22. The molecule has 0 aromatic heterocycles. The molecule has 5 nitrogen and oxygen atoms in total. The quantitative estimate of drug-likeness (QED) is 0.596. The van der Waals surface area contributed by atoms with Gasteiger partial charge in [0.2, 0.25) is 0 Å². The fourth-order valence-electron chi connectivity index (χ4n) is 3.07. The standard InChI is InChI=1S/C17H24N2O3/c1-2-3-12-22-19-16(13-20)14-8-4-5-9-15(14)18(19)17-10-6-7-11-21-17/h4-5,8-9,13,16-17H,2-3,6-7,10-12H2,1H3. The van der Waals surface area contributed by atoms with Crippen LogP contribution in [0.25, 0.3) is 0 Å². The summed E-state index contributed by atoms with van der Waals surface area (Å²) < 4.78 is 5.94. The normalized spacial score (nSPS) is 25.2. The molecule has 2 aliphatic rings. The van der Waals surface area contributed by atoms with E-state index in [9.17, 15) is 4.79 Å². The topological polar surface area (TPSA) is 42.0 Å². The highest BCUT2D eigenvalue weighted by Gasteiger charge is 2.41. The van der Waals surface area contributed by atoms with Crippen molar-refractivity contribution in [2.75, 3.05) is 18.2 Å². The number of hydrogen-bond acceptors (Lipinski definition) is 5. The number of fused-ring (bicyclic) bond motifs is 1. The summed E-state index contributed by atoms with van der Waals surface area (Å²) in [7, 11) is 0. The van der Waals surface area contributed by atoms with E-state index < -0.39 is 6.04 Å². The van der Waals surface area contributed by atoms with E-state index in [4.69, 9.17) is 9.57 Å². The van der Waals surface area contributed by atoms with Crippen LogP contribution in [0.3, 0.4) is 0 Å². The Morgan fingerprint density at radius 1 is 1.36 bits per heavy atom. The first kappa shape index (κ1) is 15.5. The Balaban J connectivity index is 1.88. The van der Waals surface area contributed by atoms with Gasteiger partial charge in [-0.15, -0.1) is 0 Å². The van der Waals surface area contributed by atoms with Gasteiger partial charge in [-0.25, -0.2) is 0 Å². The lowest BCUT2D eigenvalue weighted by Crippen LogP contribution is -2.49. The first-order chi connectivity index (χ1) is 10.9. The highest BCUT2D eigenvalue weighted by Crippen LogP contribution is 2.41. The van der Waals surface area contributed by atoms with E-state index in [0.29, 0.717) is 6.61 Å². The van der Waals surface area contributed by atoms with E-state index in [-0.39, 0.29) is 6.23 Å². The number of ether oxygens (including phenoxy) is 1. The number of hydrogen-bond donors (Lipinski definition) is 0. The van der Waals surface area contributed by atoms with Crippen molar-refractivity contribution in [2.45, 2.75) is 51.3 Å². The molecule has 5 heteroatoms. The van der Waals surface area contributed by atoms with E-state index in [1.54, 1.807) is 5.17 Å².